The van der Waals surface area contributed by atoms with Gasteiger partial charge in [0.15, 0.2) is 0 Å². The van der Waals surface area contributed by atoms with Gasteiger partial charge in [0.25, 0.3) is 0 Å². The van der Waals surface area contributed by atoms with Crippen molar-refractivity contribution < 1.29 is 18.7 Å². The number of fused-ring (bicyclic) bond motifs is 4. The predicted molar refractivity (Wildman–Crippen MR) is 121 cm³/mol. The van der Waals surface area contributed by atoms with Crippen LogP contribution in [0.4, 0.5) is 9.18 Å². The van der Waals surface area contributed by atoms with Crippen LogP contribution in [0.3, 0.4) is 0 Å². The molecule has 4 aliphatic heterocycles. The van der Waals surface area contributed by atoms with Crippen LogP contribution in [0, 0.1) is 28.5 Å². The Morgan fingerprint density at radius 2 is 1.94 bits per heavy atom. The van der Waals surface area contributed by atoms with Crippen LogP contribution in [0.15, 0.2) is 36.4 Å². The maximum Gasteiger partial charge on any atom is 0.407 e. The van der Waals surface area contributed by atoms with E-state index in [0.717, 1.165) is 43.6 Å². The second-order valence-electron chi connectivity index (χ2n) is 10.00. The number of alkyl carbamates (subject to hydrolysis) is 1. The predicted octanol–water partition coefficient (Wildman–Crippen LogP) is 4.64. The number of carbonyl (C=O) groups is 1. The Hall–Kier alpha value is -3.11. The van der Waals surface area contributed by atoms with Crippen LogP contribution >= 0.6 is 0 Å². The van der Waals surface area contributed by atoms with Gasteiger partial charge in [0.05, 0.1) is 18.2 Å². The number of carbonyl (C=O) groups excluding carboxylic acids is 1. The molecule has 6 rings (SSSR count). The number of benzene rings is 2. The van der Waals surface area contributed by atoms with Crippen LogP contribution in [0.5, 0.6) is 5.75 Å². The van der Waals surface area contributed by atoms with Crippen LogP contribution < -0.4 is 10.1 Å². The standard InChI is InChI=1S/C26H28FN3O3/c1-26(2)15-32-22-12-18(17-3-4-19(13-28)21(27)11-17)5-6-20(22)24(26)29-25(31)33-23-14-30-9-7-16(23)8-10-30/h3-6,11-12,16,23-24H,7-10,14-15H2,1-2H3,(H,29,31)/t23-,24?/m0/s1. The van der Waals surface area contributed by atoms with E-state index in [1.165, 1.54) is 12.1 Å². The second-order valence-corrected chi connectivity index (χ2v) is 10.00. The van der Waals surface area contributed by atoms with Gasteiger partial charge < -0.3 is 14.8 Å². The Morgan fingerprint density at radius 1 is 1.21 bits per heavy atom. The number of hydrogen-bond donors (Lipinski definition) is 1. The van der Waals surface area contributed by atoms with Crippen molar-refractivity contribution in [3.05, 3.63) is 53.3 Å². The summed E-state index contributed by atoms with van der Waals surface area (Å²) >= 11 is 0. The fourth-order valence-corrected chi connectivity index (χ4v) is 5.24. The first-order valence-electron chi connectivity index (χ1n) is 11.5. The van der Waals surface area contributed by atoms with Crippen LogP contribution in [-0.2, 0) is 4.74 Å². The van der Waals surface area contributed by atoms with E-state index in [-0.39, 0.29) is 23.1 Å². The Bertz CT molecular complexity index is 1120. The molecule has 2 bridgehead atoms. The lowest BCUT2D eigenvalue weighted by Crippen LogP contribution is -2.53. The minimum absolute atomic E-state index is 0.0143. The zero-order valence-electron chi connectivity index (χ0n) is 18.9. The largest absolute Gasteiger partial charge is 0.493 e. The highest BCUT2D eigenvalue weighted by Gasteiger charge is 2.41. The average Bonchev–Trinajstić information content (AvgIpc) is 2.81. The molecule has 1 amide bonds. The van der Waals surface area contributed by atoms with Crippen LogP contribution in [-0.4, -0.2) is 43.3 Å². The summed E-state index contributed by atoms with van der Waals surface area (Å²) in [5.41, 5.74) is 2.00. The number of hydrogen-bond acceptors (Lipinski definition) is 5. The van der Waals surface area contributed by atoms with Gasteiger partial charge >= 0.3 is 6.09 Å². The third-order valence-corrected chi connectivity index (χ3v) is 7.25. The molecule has 0 spiro atoms. The number of nitriles is 1. The Balaban J connectivity index is 1.36. The van der Waals surface area contributed by atoms with Gasteiger partial charge in [-0.25, -0.2) is 9.18 Å². The number of ether oxygens (including phenoxy) is 2. The van der Waals surface area contributed by atoms with E-state index in [4.69, 9.17) is 14.7 Å². The van der Waals surface area contributed by atoms with Crippen LogP contribution in [0.1, 0.15) is 43.9 Å². The topological polar surface area (TPSA) is 74.6 Å². The van der Waals surface area contributed by atoms with Gasteiger partial charge in [-0.05, 0) is 61.2 Å². The van der Waals surface area contributed by atoms with Crippen molar-refractivity contribution in [3.8, 4) is 22.9 Å². The van der Waals surface area contributed by atoms with Gasteiger partial charge in [0, 0.05) is 17.5 Å². The Kier molecular flexibility index (Phi) is 5.49. The fraction of sp³-hybridized carbons (Fsp3) is 0.462. The molecule has 0 aliphatic carbocycles. The summed E-state index contributed by atoms with van der Waals surface area (Å²) in [5.74, 6) is 0.556. The molecule has 2 atom stereocenters. The molecule has 6 nitrogen and oxygen atoms in total. The summed E-state index contributed by atoms with van der Waals surface area (Å²) < 4.78 is 26.0. The Morgan fingerprint density at radius 3 is 2.61 bits per heavy atom. The zero-order chi connectivity index (χ0) is 23.2. The first-order valence-corrected chi connectivity index (χ1v) is 11.5. The maximum atomic E-state index is 14.1. The number of rotatable bonds is 3. The van der Waals surface area contributed by atoms with E-state index < -0.39 is 11.9 Å². The summed E-state index contributed by atoms with van der Waals surface area (Å²) in [7, 11) is 0. The second kappa shape index (κ2) is 8.35. The first-order chi connectivity index (χ1) is 15.8. The average molecular weight is 450 g/mol. The minimum atomic E-state index is -0.551. The smallest absolute Gasteiger partial charge is 0.407 e. The molecule has 0 aromatic heterocycles. The number of amides is 1. The van der Waals surface area contributed by atoms with Crippen LogP contribution in [0.25, 0.3) is 11.1 Å². The molecule has 1 unspecified atom stereocenters. The molecule has 4 aliphatic rings. The molecule has 0 saturated carbocycles. The summed E-state index contributed by atoms with van der Waals surface area (Å²) in [4.78, 5) is 15.2. The molecule has 172 valence electrons. The van der Waals surface area contributed by atoms with Crippen molar-refractivity contribution in [2.45, 2.75) is 38.8 Å². The van der Waals surface area contributed by atoms with Gasteiger partial charge in [-0.3, -0.25) is 4.90 Å². The highest BCUT2D eigenvalue weighted by atomic mass is 19.1. The van der Waals surface area contributed by atoms with Crippen molar-refractivity contribution in [2.24, 2.45) is 11.3 Å². The number of nitrogens with zero attached hydrogens (tertiary/aromatic N) is 2. The number of piperidine rings is 3. The lowest BCUT2D eigenvalue weighted by Gasteiger charge is -2.44. The van der Waals surface area contributed by atoms with Crippen molar-refractivity contribution in [1.82, 2.24) is 10.2 Å². The highest BCUT2D eigenvalue weighted by Crippen LogP contribution is 2.44. The van der Waals surface area contributed by atoms with Crippen LogP contribution in [0.2, 0.25) is 0 Å². The third kappa shape index (κ3) is 4.16. The van der Waals surface area contributed by atoms with Crippen molar-refractivity contribution in [1.29, 1.82) is 5.26 Å². The van der Waals surface area contributed by atoms with E-state index in [9.17, 15) is 9.18 Å². The molecule has 0 radical (unpaired) electrons. The van der Waals surface area contributed by atoms with Gasteiger partial charge in [0.2, 0.25) is 0 Å². The van der Waals surface area contributed by atoms with Gasteiger partial charge in [0.1, 0.15) is 23.7 Å². The summed E-state index contributed by atoms with van der Waals surface area (Å²) in [6, 6.07) is 11.8. The summed E-state index contributed by atoms with van der Waals surface area (Å²) in [6.07, 6.45) is 1.73. The molecule has 33 heavy (non-hydrogen) atoms. The zero-order valence-corrected chi connectivity index (χ0v) is 18.9. The maximum absolute atomic E-state index is 14.1. The van der Waals surface area contributed by atoms with Gasteiger partial charge in [-0.2, -0.15) is 5.26 Å². The quantitative estimate of drug-likeness (QED) is 0.739. The molecule has 1 N–H and O–H groups in total. The lowest BCUT2D eigenvalue weighted by molar-refractivity contribution is -0.0361. The SMILES string of the molecule is CC1(C)COc2cc(-c3ccc(C#N)c(F)c3)ccc2C1NC(=O)O[C@H]1CN2CCC1CC2. The lowest BCUT2D eigenvalue weighted by atomic mass is 9.78. The minimum Gasteiger partial charge on any atom is -0.493 e. The highest BCUT2D eigenvalue weighted by molar-refractivity contribution is 5.70. The summed E-state index contributed by atoms with van der Waals surface area (Å²) in [5, 5.41) is 12.1. The molecule has 7 heteroatoms. The molecular formula is C26H28FN3O3. The van der Waals surface area contributed by atoms with E-state index in [1.807, 2.05) is 24.3 Å². The third-order valence-electron chi connectivity index (χ3n) is 7.25. The van der Waals surface area contributed by atoms with E-state index in [0.29, 0.717) is 23.8 Å². The summed E-state index contributed by atoms with van der Waals surface area (Å²) in [6.45, 7) is 7.54. The molecule has 3 saturated heterocycles. The monoisotopic (exact) mass is 449 g/mol. The molecule has 2 aromatic carbocycles. The fourth-order valence-electron chi connectivity index (χ4n) is 5.24. The molecule has 4 heterocycles. The first kappa shape index (κ1) is 21.7. The number of halogens is 1. The molecular weight excluding hydrogens is 421 g/mol. The molecule has 3 fully saturated rings. The van der Waals surface area contributed by atoms with Crippen molar-refractivity contribution >= 4 is 6.09 Å². The molecule has 2 aromatic rings. The van der Waals surface area contributed by atoms with E-state index >= 15 is 0 Å². The van der Waals surface area contributed by atoms with Crippen molar-refractivity contribution in [2.75, 3.05) is 26.2 Å². The van der Waals surface area contributed by atoms with Gasteiger partial charge in [-0.15, -0.1) is 0 Å². The van der Waals surface area contributed by atoms with Gasteiger partial charge in [-0.1, -0.05) is 32.0 Å². The normalized spacial score (nSPS) is 27.1. The van der Waals surface area contributed by atoms with Crippen molar-refractivity contribution in [3.63, 3.8) is 0 Å². The van der Waals surface area contributed by atoms with E-state index in [2.05, 4.69) is 24.1 Å². The number of nitrogens with one attached hydrogen (secondary N) is 1. The Labute approximate surface area is 193 Å². The van der Waals surface area contributed by atoms with E-state index in [1.54, 1.807) is 6.07 Å².